The first kappa shape index (κ1) is 11.7. The van der Waals surface area contributed by atoms with Crippen molar-refractivity contribution in [1.29, 1.82) is 0 Å². The minimum atomic E-state index is -0.235. The van der Waals surface area contributed by atoms with Crippen LogP contribution in [0.25, 0.3) is 0 Å². The summed E-state index contributed by atoms with van der Waals surface area (Å²) in [6.07, 6.45) is 0.592. The zero-order valence-corrected chi connectivity index (χ0v) is 9.65. The number of hydrogen-bond donors (Lipinski definition) is 1. The average Bonchev–Trinajstić information content (AvgIpc) is 2.31. The Kier molecular flexibility index (Phi) is 3.44. The van der Waals surface area contributed by atoms with Crippen LogP contribution in [0, 0.1) is 12.7 Å². The summed E-state index contributed by atoms with van der Waals surface area (Å²) in [5, 5.41) is 0. The molecule has 1 aromatic heterocycles. The lowest BCUT2D eigenvalue weighted by atomic mass is 10.1. The normalized spacial score (nSPS) is 10.5. The van der Waals surface area contributed by atoms with Crippen molar-refractivity contribution in [1.82, 2.24) is 9.97 Å². The third kappa shape index (κ3) is 3.07. The summed E-state index contributed by atoms with van der Waals surface area (Å²) >= 11 is 0. The summed E-state index contributed by atoms with van der Waals surface area (Å²) in [5.74, 6) is 0.485. The lowest BCUT2D eigenvalue weighted by Crippen LogP contribution is -2.06. The molecule has 2 rings (SSSR count). The van der Waals surface area contributed by atoms with Crippen LogP contribution >= 0.6 is 0 Å². The van der Waals surface area contributed by atoms with E-state index in [1.807, 2.05) is 13.0 Å². The second kappa shape index (κ2) is 5.01. The van der Waals surface area contributed by atoms with E-state index in [1.54, 1.807) is 12.1 Å². The van der Waals surface area contributed by atoms with Gasteiger partial charge >= 0.3 is 0 Å². The summed E-state index contributed by atoms with van der Waals surface area (Å²) in [7, 11) is 0. The first-order valence-corrected chi connectivity index (χ1v) is 5.45. The van der Waals surface area contributed by atoms with E-state index in [-0.39, 0.29) is 5.82 Å². The van der Waals surface area contributed by atoms with E-state index in [0.29, 0.717) is 13.0 Å². The zero-order chi connectivity index (χ0) is 12.3. The van der Waals surface area contributed by atoms with E-state index in [4.69, 9.17) is 5.73 Å². The highest BCUT2D eigenvalue weighted by Gasteiger charge is 2.03. The van der Waals surface area contributed by atoms with Gasteiger partial charge in [-0.3, -0.25) is 0 Å². The Bertz CT molecular complexity index is 509. The maximum absolute atomic E-state index is 12.8. The van der Waals surface area contributed by atoms with Crippen molar-refractivity contribution >= 4 is 0 Å². The molecule has 3 nitrogen and oxygen atoms in total. The maximum atomic E-state index is 12.8. The Morgan fingerprint density at radius 2 is 1.88 bits per heavy atom. The number of benzene rings is 1. The van der Waals surface area contributed by atoms with E-state index < -0.39 is 0 Å². The third-order valence-corrected chi connectivity index (χ3v) is 2.44. The smallest absolute Gasteiger partial charge is 0.133 e. The Morgan fingerprint density at radius 1 is 1.18 bits per heavy atom. The molecule has 0 bridgehead atoms. The van der Waals surface area contributed by atoms with Gasteiger partial charge in [-0.05, 0) is 30.7 Å². The minimum Gasteiger partial charge on any atom is -0.325 e. The molecule has 0 saturated heterocycles. The fourth-order valence-corrected chi connectivity index (χ4v) is 1.67. The Hall–Kier alpha value is -1.81. The average molecular weight is 231 g/mol. The largest absolute Gasteiger partial charge is 0.325 e. The number of nitrogens with two attached hydrogens (primary N) is 1. The van der Waals surface area contributed by atoms with Crippen LogP contribution in [0.3, 0.4) is 0 Å². The predicted molar refractivity (Wildman–Crippen MR) is 63.9 cm³/mol. The molecule has 0 atom stereocenters. The van der Waals surface area contributed by atoms with Crippen LogP contribution in [0.4, 0.5) is 4.39 Å². The van der Waals surface area contributed by atoms with Crippen molar-refractivity contribution < 1.29 is 4.39 Å². The number of rotatable bonds is 3. The summed E-state index contributed by atoms with van der Waals surface area (Å²) in [5.41, 5.74) is 8.28. The first-order chi connectivity index (χ1) is 8.17. The predicted octanol–water partition coefficient (Wildman–Crippen LogP) is 1.97. The fraction of sp³-hybridized carbons (Fsp3) is 0.231. The van der Waals surface area contributed by atoms with Crippen LogP contribution in [-0.4, -0.2) is 9.97 Å². The summed E-state index contributed by atoms with van der Waals surface area (Å²) in [6.45, 7) is 2.31. The van der Waals surface area contributed by atoms with Gasteiger partial charge in [0.2, 0.25) is 0 Å². The van der Waals surface area contributed by atoms with Crippen molar-refractivity contribution in [3.63, 3.8) is 0 Å². The zero-order valence-electron chi connectivity index (χ0n) is 9.65. The molecule has 0 aliphatic heterocycles. The molecule has 1 heterocycles. The molecule has 0 saturated carbocycles. The Balaban J connectivity index is 2.23. The van der Waals surface area contributed by atoms with Gasteiger partial charge in [0.15, 0.2) is 0 Å². The Labute approximate surface area is 99.5 Å². The Morgan fingerprint density at radius 3 is 2.53 bits per heavy atom. The quantitative estimate of drug-likeness (QED) is 0.878. The molecule has 4 heteroatoms. The van der Waals surface area contributed by atoms with Crippen LogP contribution in [0.2, 0.25) is 0 Å². The van der Waals surface area contributed by atoms with Crippen molar-refractivity contribution in [2.45, 2.75) is 19.9 Å². The molecular formula is C13H14FN3. The van der Waals surface area contributed by atoms with Gasteiger partial charge in [-0.25, -0.2) is 14.4 Å². The molecule has 0 spiro atoms. The molecule has 0 fully saturated rings. The van der Waals surface area contributed by atoms with E-state index in [1.165, 1.54) is 12.1 Å². The highest BCUT2D eigenvalue weighted by molar-refractivity contribution is 5.21. The standard InChI is InChI=1S/C13H14FN3/c1-9-6-12(8-15)17-13(16-9)7-10-2-4-11(14)5-3-10/h2-6H,7-8,15H2,1H3. The van der Waals surface area contributed by atoms with Gasteiger partial charge in [-0.1, -0.05) is 12.1 Å². The van der Waals surface area contributed by atoms with Crippen molar-refractivity contribution in [2.75, 3.05) is 0 Å². The molecule has 0 radical (unpaired) electrons. The number of aryl methyl sites for hydroxylation is 1. The summed E-state index contributed by atoms with van der Waals surface area (Å²) in [6, 6.07) is 8.23. The summed E-state index contributed by atoms with van der Waals surface area (Å²) < 4.78 is 12.8. The molecule has 17 heavy (non-hydrogen) atoms. The van der Waals surface area contributed by atoms with Crippen LogP contribution in [-0.2, 0) is 13.0 Å². The molecule has 2 N–H and O–H groups in total. The molecule has 88 valence electrons. The fourth-order valence-electron chi connectivity index (χ4n) is 1.67. The number of nitrogens with zero attached hydrogens (tertiary/aromatic N) is 2. The van der Waals surface area contributed by atoms with Gasteiger partial charge in [0.25, 0.3) is 0 Å². The third-order valence-electron chi connectivity index (χ3n) is 2.44. The van der Waals surface area contributed by atoms with Gasteiger partial charge in [0.05, 0.1) is 5.69 Å². The monoisotopic (exact) mass is 231 g/mol. The van der Waals surface area contributed by atoms with Gasteiger partial charge in [0.1, 0.15) is 11.6 Å². The lowest BCUT2D eigenvalue weighted by molar-refractivity contribution is 0.627. The second-order valence-corrected chi connectivity index (χ2v) is 3.92. The van der Waals surface area contributed by atoms with E-state index in [0.717, 1.165) is 22.8 Å². The van der Waals surface area contributed by atoms with Crippen LogP contribution in [0.5, 0.6) is 0 Å². The van der Waals surface area contributed by atoms with Crippen molar-refractivity contribution in [3.05, 3.63) is 58.9 Å². The molecule has 0 amide bonds. The second-order valence-electron chi connectivity index (χ2n) is 3.92. The molecule has 2 aromatic rings. The van der Waals surface area contributed by atoms with Gasteiger partial charge in [0, 0.05) is 18.7 Å². The van der Waals surface area contributed by atoms with E-state index in [2.05, 4.69) is 9.97 Å². The van der Waals surface area contributed by atoms with E-state index >= 15 is 0 Å². The SMILES string of the molecule is Cc1cc(CN)nc(Cc2ccc(F)cc2)n1. The van der Waals surface area contributed by atoms with Crippen LogP contribution < -0.4 is 5.73 Å². The minimum absolute atomic E-state index is 0.235. The van der Waals surface area contributed by atoms with Crippen molar-refractivity contribution in [2.24, 2.45) is 5.73 Å². The molecular weight excluding hydrogens is 217 g/mol. The van der Waals surface area contributed by atoms with Gasteiger partial charge in [-0.2, -0.15) is 0 Å². The first-order valence-electron chi connectivity index (χ1n) is 5.45. The number of halogens is 1. The van der Waals surface area contributed by atoms with Crippen LogP contribution in [0.1, 0.15) is 22.8 Å². The maximum Gasteiger partial charge on any atom is 0.133 e. The molecule has 1 aromatic carbocycles. The molecule has 0 aliphatic rings. The topological polar surface area (TPSA) is 51.8 Å². The molecule has 0 aliphatic carbocycles. The summed E-state index contributed by atoms with van der Waals surface area (Å²) in [4.78, 5) is 8.68. The number of hydrogen-bond acceptors (Lipinski definition) is 3. The van der Waals surface area contributed by atoms with Gasteiger partial charge < -0.3 is 5.73 Å². The van der Waals surface area contributed by atoms with Crippen LogP contribution in [0.15, 0.2) is 30.3 Å². The highest BCUT2D eigenvalue weighted by atomic mass is 19.1. The van der Waals surface area contributed by atoms with Gasteiger partial charge in [-0.15, -0.1) is 0 Å². The highest BCUT2D eigenvalue weighted by Crippen LogP contribution is 2.08. The van der Waals surface area contributed by atoms with E-state index in [9.17, 15) is 4.39 Å². The van der Waals surface area contributed by atoms with Crippen molar-refractivity contribution in [3.8, 4) is 0 Å². The lowest BCUT2D eigenvalue weighted by Gasteiger charge is -2.04. The number of aromatic nitrogens is 2. The molecule has 0 unspecified atom stereocenters.